The van der Waals surface area contributed by atoms with Crippen LogP contribution in [0.3, 0.4) is 0 Å². The molecule has 0 aromatic carbocycles. The van der Waals surface area contributed by atoms with Crippen molar-refractivity contribution in [2.24, 2.45) is 23.7 Å². The van der Waals surface area contributed by atoms with E-state index in [0.717, 1.165) is 18.4 Å². The van der Waals surface area contributed by atoms with Crippen molar-refractivity contribution in [1.29, 1.82) is 0 Å². The molecule has 2 saturated heterocycles. The van der Waals surface area contributed by atoms with Crippen LogP contribution in [0, 0.1) is 23.7 Å². The van der Waals surface area contributed by atoms with Crippen molar-refractivity contribution in [3.63, 3.8) is 0 Å². The first-order valence-electron chi connectivity index (χ1n) is 8.20. The quantitative estimate of drug-likeness (QED) is 0.546. The Kier molecular flexibility index (Phi) is 3.20. The Hall–Kier alpha value is -1.20. The maximum Gasteiger partial charge on any atom is 0.313 e. The van der Waals surface area contributed by atoms with Crippen LogP contribution in [0.2, 0.25) is 0 Å². The van der Waals surface area contributed by atoms with Gasteiger partial charge in [0.25, 0.3) is 0 Å². The van der Waals surface area contributed by atoms with Gasteiger partial charge < -0.3 is 14.2 Å². The first-order valence-corrected chi connectivity index (χ1v) is 8.20. The maximum absolute atomic E-state index is 12.3. The Morgan fingerprint density at radius 3 is 2.73 bits per heavy atom. The van der Waals surface area contributed by atoms with E-state index in [4.69, 9.17) is 14.2 Å². The molecule has 1 saturated carbocycles. The fourth-order valence-corrected chi connectivity index (χ4v) is 4.96. The largest absolute Gasteiger partial charge is 0.462 e. The average Bonchev–Trinajstić information content (AvgIpc) is 3.02. The van der Waals surface area contributed by atoms with E-state index in [0.29, 0.717) is 19.6 Å². The maximum atomic E-state index is 12.3. The summed E-state index contributed by atoms with van der Waals surface area (Å²) in [7, 11) is 0. The lowest BCUT2D eigenvalue weighted by molar-refractivity contribution is -0.175. The monoisotopic (exact) mass is 306 g/mol. The van der Waals surface area contributed by atoms with E-state index in [1.165, 1.54) is 0 Å². The third-order valence-electron chi connectivity index (χ3n) is 5.84. The van der Waals surface area contributed by atoms with Crippen LogP contribution < -0.4 is 0 Å². The van der Waals surface area contributed by atoms with Gasteiger partial charge in [-0.25, -0.2) is 0 Å². The van der Waals surface area contributed by atoms with E-state index in [1.54, 1.807) is 6.92 Å². The van der Waals surface area contributed by atoms with Crippen molar-refractivity contribution in [1.82, 2.24) is 0 Å². The van der Waals surface area contributed by atoms with Crippen molar-refractivity contribution >= 4 is 11.8 Å². The van der Waals surface area contributed by atoms with Crippen molar-refractivity contribution in [3.8, 4) is 0 Å². The highest BCUT2D eigenvalue weighted by Crippen LogP contribution is 2.53. The summed E-state index contributed by atoms with van der Waals surface area (Å²) >= 11 is 0. The van der Waals surface area contributed by atoms with Gasteiger partial charge in [0.1, 0.15) is 11.9 Å². The molecule has 1 spiro atoms. The van der Waals surface area contributed by atoms with E-state index in [9.17, 15) is 9.59 Å². The Morgan fingerprint density at radius 1 is 1.32 bits per heavy atom. The number of hydrogen-bond donors (Lipinski definition) is 0. The first kappa shape index (κ1) is 14.4. The molecule has 0 radical (unpaired) electrons. The van der Waals surface area contributed by atoms with Crippen molar-refractivity contribution in [2.75, 3.05) is 13.2 Å². The predicted octanol–water partition coefficient (Wildman–Crippen LogP) is 1.85. The number of ketones is 1. The molecule has 22 heavy (non-hydrogen) atoms. The lowest BCUT2D eigenvalue weighted by Crippen LogP contribution is -2.46. The molecule has 5 atom stereocenters. The topological polar surface area (TPSA) is 61.8 Å². The third kappa shape index (κ3) is 1.98. The molecule has 2 heterocycles. The minimum atomic E-state index is -0.523. The molecule has 4 aliphatic rings. The lowest BCUT2D eigenvalue weighted by atomic mass is 9.60. The van der Waals surface area contributed by atoms with Crippen LogP contribution in [0.15, 0.2) is 11.6 Å². The fourth-order valence-electron chi connectivity index (χ4n) is 4.96. The van der Waals surface area contributed by atoms with Crippen LogP contribution in [0.4, 0.5) is 0 Å². The van der Waals surface area contributed by atoms with E-state index in [1.807, 2.05) is 13.0 Å². The molecule has 3 fully saturated rings. The summed E-state index contributed by atoms with van der Waals surface area (Å²) in [5.74, 6) is -0.767. The number of ether oxygens (including phenoxy) is 3. The van der Waals surface area contributed by atoms with E-state index < -0.39 is 5.79 Å². The summed E-state index contributed by atoms with van der Waals surface area (Å²) in [5.41, 5.74) is 1.15. The molecule has 0 bridgehead atoms. The van der Waals surface area contributed by atoms with Crippen molar-refractivity contribution in [2.45, 2.75) is 45.0 Å². The van der Waals surface area contributed by atoms with Crippen LogP contribution in [0.25, 0.3) is 0 Å². The summed E-state index contributed by atoms with van der Waals surface area (Å²) in [5, 5.41) is 0. The molecule has 0 aromatic rings. The second-order valence-corrected chi connectivity index (χ2v) is 7.05. The minimum Gasteiger partial charge on any atom is -0.462 e. The minimum absolute atomic E-state index is 0.0155. The second kappa shape index (κ2) is 4.90. The van der Waals surface area contributed by atoms with E-state index in [2.05, 4.69) is 0 Å². The number of carbonyl (C=O) groups excluding carboxylic acids is 2. The molecule has 0 aromatic heterocycles. The molecule has 5 heteroatoms. The summed E-state index contributed by atoms with van der Waals surface area (Å²) in [4.78, 5) is 24.4. The van der Waals surface area contributed by atoms with E-state index in [-0.39, 0.29) is 41.5 Å². The standard InChI is InChI=1S/C17H22O5/c1-9(18)14-12-3-4-17(20-5-6-21-17)8-11(12)7-13-15(14)10(2)22-16(13)19/h7,10,12-15H,3-6,8H2,1-2H3/t10-,12-,13-,14+,15-/m1/s1. The van der Waals surface area contributed by atoms with Gasteiger partial charge >= 0.3 is 5.97 Å². The van der Waals surface area contributed by atoms with Gasteiger partial charge in [-0.15, -0.1) is 0 Å². The summed E-state index contributed by atoms with van der Waals surface area (Å²) in [6.45, 7) is 4.80. The summed E-state index contributed by atoms with van der Waals surface area (Å²) in [6, 6.07) is 0. The van der Waals surface area contributed by atoms with Gasteiger partial charge in [0.15, 0.2) is 5.79 Å². The highest BCUT2D eigenvalue weighted by atomic mass is 16.7. The van der Waals surface area contributed by atoms with Gasteiger partial charge in [-0.2, -0.15) is 0 Å². The van der Waals surface area contributed by atoms with Crippen LogP contribution >= 0.6 is 0 Å². The second-order valence-electron chi connectivity index (χ2n) is 7.05. The summed E-state index contributed by atoms with van der Waals surface area (Å²) in [6.07, 6.45) is 4.23. The molecule has 0 unspecified atom stereocenters. The number of Topliss-reactive ketones (excluding diaryl/α,β-unsaturated/α-hetero) is 1. The van der Waals surface area contributed by atoms with Crippen molar-refractivity contribution in [3.05, 3.63) is 11.6 Å². The summed E-state index contributed by atoms with van der Waals surface area (Å²) < 4.78 is 17.1. The van der Waals surface area contributed by atoms with Crippen molar-refractivity contribution < 1.29 is 23.8 Å². The number of esters is 1. The van der Waals surface area contributed by atoms with Crippen LogP contribution in [-0.2, 0) is 23.8 Å². The van der Waals surface area contributed by atoms with Gasteiger partial charge in [0, 0.05) is 24.7 Å². The Balaban J connectivity index is 1.71. The molecule has 5 nitrogen and oxygen atoms in total. The molecule has 0 N–H and O–H groups in total. The number of hydrogen-bond acceptors (Lipinski definition) is 5. The van der Waals surface area contributed by atoms with E-state index >= 15 is 0 Å². The zero-order valence-corrected chi connectivity index (χ0v) is 13.0. The molecule has 0 amide bonds. The van der Waals surface area contributed by atoms with Crippen LogP contribution in [0.1, 0.15) is 33.1 Å². The number of carbonyl (C=O) groups is 2. The number of cyclic esters (lactones) is 1. The molecule has 2 aliphatic heterocycles. The van der Waals surface area contributed by atoms with Gasteiger partial charge in [0.05, 0.1) is 19.1 Å². The highest BCUT2D eigenvalue weighted by Gasteiger charge is 2.55. The van der Waals surface area contributed by atoms with Gasteiger partial charge in [-0.3, -0.25) is 9.59 Å². The van der Waals surface area contributed by atoms with Crippen LogP contribution in [-0.4, -0.2) is 36.9 Å². The highest BCUT2D eigenvalue weighted by molar-refractivity contribution is 5.84. The molecule has 120 valence electrons. The Bertz CT molecular complexity index is 545. The lowest BCUT2D eigenvalue weighted by Gasteiger charge is -2.45. The SMILES string of the molecule is CC(=O)[C@@H]1[C@@H]2[C@@H](C)OC(=O)[C@@H]2C=C2CC3(CC[C@H]21)OCCO3. The molecule has 2 aliphatic carbocycles. The molecular weight excluding hydrogens is 284 g/mol. The molecular formula is C17H22O5. The normalized spacial score (nSPS) is 42.5. The Morgan fingerprint density at radius 2 is 2.05 bits per heavy atom. The molecule has 4 rings (SSSR count). The third-order valence-corrected chi connectivity index (χ3v) is 5.84. The smallest absolute Gasteiger partial charge is 0.313 e. The number of fused-ring (bicyclic) bond motifs is 2. The van der Waals surface area contributed by atoms with Crippen LogP contribution in [0.5, 0.6) is 0 Å². The first-order chi connectivity index (χ1) is 10.5. The van der Waals surface area contributed by atoms with Gasteiger partial charge in [-0.1, -0.05) is 11.6 Å². The van der Waals surface area contributed by atoms with Gasteiger partial charge in [0.2, 0.25) is 0 Å². The zero-order valence-electron chi connectivity index (χ0n) is 13.0. The average molecular weight is 306 g/mol. The van der Waals surface area contributed by atoms with Gasteiger partial charge in [-0.05, 0) is 26.2 Å². The fraction of sp³-hybridized carbons (Fsp3) is 0.765. The number of rotatable bonds is 1. The zero-order chi connectivity index (χ0) is 15.5. The predicted molar refractivity (Wildman–Crippen MR) is 76.8 cm³/mol. The Labute approximate surface area is 130 Å².